The van der Waals surface area contributed by atoms with Gasteiger partial charge in [0.05, 0.1) is 17.3 Å². The number of aryl methyl sites for hydroxylation is 1. The van der Waals surface area contributed by atoms with Crippen molar-refractivity contribution in [2.75, 3.05) is 0 Å². The van der Waals surface area contributed by atoms with E-state index in [9.17, 15) is 26.3 Å². The van der Waals surface area contributed by atoms with Gasteiger partial charge in [0.2, 0.25) is 5.75 Å². The highest BCUT2D eigenvalue weighted by atomic mass is 19.4. The molecule has 9 heteroatoms. The molecule has 0 fully saturated rings. The lowest BCUT2D eigenvalue weighted by molar-refractivity contribution is -0.519. The molecule has 0 aliphatic rings. The van der Waals surface area contributed by atoms with Gasteiger partial charge in [-0.2, -0.15) is 30.7 Å². The summed E-state index contributed by atoms with van der Waals surface area (Å²) in [5.41, 5.74) is 0.168. The summed E-state index contributed by atoms with van der Waals surface area (Å²) in [5, 5.41) is 0. The molecule has 0 saturated carbocycles. The molecule has 2 aromatic carbocycles. The molecule has 3 nitrogen and oxygen atoms in total. The Morgan fingerprint density at radius 3 is 2.00 bits per heavy atom. The maximum Gasteiger partial charge on any atom is 0.416 e. The minimum Gasteiger partial charge on any atom is -0.481 e. The number of benzene rings is 2. The molecule has 2 aromatic heterocycles. The quantitative estimate of drug-likeness (QED) is 0.236. The number of pyridine rings is 1. The average Bonchev–Trinajstić information content (AvgIpc) is 3.02. The second-order valence-electron chi connectivity index (χ2n) is 8.01. The van der Waals surface area contributed by atoms with Gasteiger partial charge in [-0.3, -0.25) is 0 Å². The van der Waals surface area contributed by atoms with Crippen molar-refractivity contribution in [3.63, 3.8) is 0 Å². The highest BCUT2D eigenvalue weighted by molar-refractivity contribution is 5.51. The van der Waals surface area contributed by atoms with Crippen LogP contribution in [0.3, 0.4) is 0 Å². The van der Waals surface area contributed by atoms with E-state index in [4.69, 9.17) is 4.74 Å². The third-order valence-electron chi connectivity index (χ3n) is 5.70. The van der Waals surface area contributed by atoms with Crippen molar-refractivity contribution in [1.29, 1.82) is 0 Å². The lowest BCUT2D eigenvalue weighted by atomic mass is 10.0. The van der Waals surface area contributed by atoms with Crippen molar-refractivity contribution in [3.8, 4) is 5.75 Å². The molecule has 0 aliphatic heterocycles. The molecule has 0 spiro atoms. The zero-order valence-electron chi connectivity index (χ0n) is 18.3. The van der Waals surface area contributed by atoms with E-state index in [1.165, 1.54) is 0 Å². The Balaban J connectivity index is 1.80. The maximum atomic E-state index is 13.3. The fraction of sp³-hybridized carbons (Fsp3) is 0.240. The Labute approximate surface area is 191 Å². The summed E-state index contributed by atoms with van der Waals surface area (Å²) < 4.78 is 89.5. The maximum absolute atomic E-state index is 13.3. The standard InChI is InChI=1S/C25H21F6N2O/c1-16-17(2)33(14-19-11-20(24(26,27)28)13-21(12-19)25(29,30)31)23-22(9-6-10-32(16)23)34-15-18-7-4-3-5-8-18/h3-13H,14-15H2,1-2H3/q+1. The third-order valence-corrected chi connectivity index (χ3v) is 5.70. The van der Waals surface area contributed by atoms with Crippen molar-refractivity contribution in [2.24, 2.45) is 0 Å². The predicted octanol–water partition coefficient (Wildman–Crippen LogP) is 6.51. The van der Waals surface area contributed by atoms with Crippen LogP contribution in [-0.2, 0) is 25.5 Å². The van der Waals surface area contributed by atoms with Crippen LogP contribution in [0.5, 0.6) is 5.75 Å². The molecular weight excluding hydrogens is 458 g/mol. The summed E-state index contributed by atoms with van der Waals surface area (Å²) in [4.78, 5) is 0. The second kappa shape index (κ2) is 8.70. The largest absolute Gasteiger partial charge is 0.481 e. The van der Waals surface area contributed by atoms with Crippen LogP contribution in [0.4, 0.5) is 26.3 Å². The molecule has 0 radical (unpaired) electrons. The zero-order chi connectivity index (χ0) is 24.7. The molecule has 0 amide bonds. The molecule has 0 saturated heterocycles. The van der Waals surface area contributed by atoms with Crippen LogP contribution >= 0.6 is 0 Å². The normalized spacial score (nSPS) is 12.4. The number of fused-ring (bicyclic) bond motifs is 1. The summed E-state index contributed by atoms with van der Waals surface area (Å²) in [6.45, 7) is 3.65. The number of hydrogen-bond acceptors (Lipinski definition) is 1. The molecule has 178 valence electrons. The Kier molecular flexibility index (Phi) is 6.05. The second-order valence-corrected chi connectivity index (χ2v) is 8.01. The molecule has 0 aliphatic carbocycles. The molecule has 0 bridgehead atoms. The number of imidazole rings is 1. The lowest BCUT2D eigenvalue weighted by Gasteiger charge is -2.14. The molecule has 0 unspecified atom stereocenters. The Morgan fingerprint density at radius 1 is 0.794 bits per heavy atom. The molecule has 2 heterocycles. The van der Waals surface area contributed by atoms with E-state index in [1.54, 1.807) is 29.8 Å². The summed E-state index contributed by atoms with van der Waals surface area (Å²) in [6, 6.07) is 14.6. The van der Waals surface area contributed by atoms with E-state index in [0.29, 0.717) is 17.1 Å². The van der Waals surface area contributed by atoms with Crippen LogP contribution in [0.15, 0.2) is 66.9 Å². The van der Waals surface area contributed by atoms with E-state index >= 15 is 0 Å². The first kappa shape index (κ1) is 23.7. The molecule has 34 heavy (non-hydrogen) atoms. The SMILES string of the molecule is Cc1c(C)[n+]2cccc(OCc3ccccc3)c2n1Cc1cc(C(F)(F)F)cc(C(F)(F)F)c1. The van der Waals surface area contributed by atoms with E-state index in [-0.39, 0.29) is 24.8 Å². The first-order valence-electron chi connectivity index (χ1n) is 10.4. The van der Waals surface area contributed by atoms with Gasteiger partial charge in [0.25, 0.3) is 0 Å². The number of halogens is 6. The Morgan fingerprint density at radius 2 is 1.41 bits per heavy atom. The van der Waals surface area contributed by atoms with Gasteiger partial charge in [-0.05, 0) is 41.5 Å². The van der Waals surface area contributed by atoms with Gasteiger partial charge in [0.1, 0.15) is 24.5 Å². The summed E-state index contributed by atoms with van der Waals surface area (Å²) in [5.74, 6) is 0.463. The highest BCUT2D eigenvalue weighted by Crippen LogP contribution is 2.37. The lowest BCUT2D eigenvalue weighted by Crippen LogP contribution is -2.23. The predicted molar refractivity (Wildman–Crippen MR) is 113 cm³/mol. The molecule has 4 aromatic rings. The van der Waals surface area contributed by atoms with E-state index in [2.05, 4.69) is 0 Å². The van der Waals surface area contributed by atoms with Gasteiger partial charge in [-0.15, -0.1) is 0 Å². The van der Waals surface area contributed by atoms with Gasteiger partial charge in [-0.25, -0.2) is 4.57 Å². The topological polar surface area (TPSA) is 18.3 Å². The van der Waals surface area contributed by atoms with Crippen LogP contribution in [0, 0.1) is 13.8 Å². The monoisotopic (exact) mass is 479 g/mol. The smallest absolute Gasteiger partial charge is 0.416 e. The first-order chi connectivity index (χ1) is 15.9. The number of alkyl halides is 6. The van der Waals surface area contributed by atoms with E-state index in [0.717, 1.165) is 23.4 Å². The first-order valence-corrected chi connectivity index (χ1v) is 10.4. The Bertz CT molecular complexity index is 1290. The highest BCUT2D eigenvalue weighted by Gasteiger charge is 2.37. The van der Waals surface area contributed by atoms with Crippen LogP contribution in [-0.4, -0.2) is 4.57 Å². The number of hydrogen-bond donors (Lipinski definition) is 0. The van der Waals surface area contributed by atoms with Gasteiger partial charge < -0.3 is 4.74 Å². The Hall–Kier alpha value is -3.49. The van der Waals surface area contributed by atoms with Crippen molar-refractivity contribution in [1.82, 2.24) is 4.57 Å². The average molecular weight is 479 g/mol. The van der Waals surface area contributed by atoms with Crippen molar-refractivity contribution in [2.45, 2.75) is 39.4 Å². The number of aromatic nitrogens is 2. The fourth-order valence-electron chi connectivity index (χ4n) is 3.88. The molecule has 0 atom stereocenters. The zero-order valence-corrected chi connectivity index (χ0v) is 18.3. The van der Waals surface area contributed by atoms with Crippen molar-refractivity contribution >= 4 is 5.65 Å². The third kappa shape index (κ3) is 4.73. The molecule has 4 rings (SSSR count). The molecular formula is C25H21F6N2O+. The van der Waals surface area contributed by atoms with Crippen LogP contribution in [0.2, 0.25) is 0 Å². The van der Waals surface area contributed by atoms with Crippen LogP contribution in [0.1, 0.15) is 33.6 Å². The number of rotatable bonds is 5. The number of nitrogens with zero attached hydrogens (tertiary/aromatic N) is 2. The van der Waals surface area contributed by atoms with Gasteiger partial charge in [0, 0.05) is 13.8 Å². The van der Waals surface area contributed by atoms with Crippen molar-refractivity contribution < 1.29 is 35.5 Å². The van der Waals surface area contributed by atoms with Crippen LogP contribution in [0.25, 0.3) is 5.65 Å². The number of ether oxygens (including phenoxy) is 1. The van der Waals surface area contributed by atoms with E-state index < -0.39 is 23.5 Å². The minimum atomic E-state index is -4.90. The van der Waals surface area contributed by atoms with Gasteiger partial charge in [0.15, 0.2) is 0 Å². The summed E-state index contributed by atoms with van der Waals surface area (Å²) >= 11 is 0. The van der Waals surface area contributed by atoms with Gasteiger partial charge >= 0.3 is 18.0 Å². The summed E-state index contributed by atoms with van der Waals surface area (Å²) in [6.07, 6.45) is -8.03. The fourth-order valence-corrected chi connectivity index (χ4v) is 3.88. The van der Waals surface area contributed by atoms with Gasteiger partial charge in [-0.1, -0.05) is 30.3 Å². The van der Waals surface area contributed by atoms with E-state index in [1.807, 2.05) is 41.7 Å². The summed E-state index contributed by atoms with van der Waals surface area (Å²) in [7, 11) is 0. The minimum absolute atomic E-state index is 0.111. The molecule has 0 N–H and O–H groups in total. The van der Waals surface area contributed by atoms with Crippen LogP contribution < -0.4 is 9.14 Å². The van der Waals surface area contributed by atoms with Crippen molar-refractivity contribution in [3.05, 3.63) is 101 Å².